The fourth-order valence-corrected chi connectivity index (χ4v) is 1.82. The first-order chi connectivity index (χ1) is 8.17. The molecule has 0 aliphatic rings. The molecule has 0 saturated heterocycles. The number of imidazole rings is 1. The van der Waals surface area contributed by atoms with Crippen LogP contribution in [0, 0.1) is 0 Å². The number of rotatable bonds is 8. The molecule has 1 aromatic rings. The summed E-state index contributed by atoms with van der Waals surface area (Å²) in [4.78, 5) is 7.58. The first-order valence-corrected chi connectivity index (χ1v) is 6.50. The Morgan fingerprint density at radius 1 is 1.53 bits per heavy atom. The largest absolute Gasteiger partial charge is 0.383 e. The average molecular weight is 260 g/mol. The van der Waals surface area contributed by atoms with Crippen molar-refractivity contribution < 1.29 is 4.74 Å². The van der Waals surface area contributed by atoms with Gasteiger partial charge in [-0.2, -0.15) is 0 Å². The van der Waals surface area contributed by atoms with E-state index in [4.69, 9.17) is 16.3 Å². The summed E-state index contributed by atoms with van der Waals surface area (Å²) < 4.78 is 5.06. The Kier molecular flexibility index (Phi) is 6.55. The average Bonchev–Trinajstić information content (AvgIpc) is 2.65. The van der Waals surface area contributed by atoms with E-state index in [1.807, 2.05) is 0 Å². The number of halogens is 1. The third-order valence-electron chi connectivity index (χ3n) is 2.59. The maximum Gasteiger partial charge on any atom is 0.151 e. The highest BCUT2D eigenvalue weighted by Crippen LogP contribution is 2.14. The molecule has 0 aliphatic heterocycles. The number of aryl methyl sites for hydroxylation is 1. The van der Waals surface area contributed by atoms with Crippen molar-refractivity contribution in [1.82, 2.24) is 15.3 Å². The molecule has 0 saturated carbocycles. The Bertz CT molecular complexity index is 328. The summed E-state index contributed by atoms with van der Waals surface area (Å²) in [5.74, 6) is 0.980. The zero-order valence-corrected chi connectivity index (χ0v) is 11.6. The van der Waals surface area contributed by atoms with Crippen LogP contribution >= 0.6 is 11.6 Å². The molecule has 0 spiro atoms. The Labute approximate surface area is 108 Å². The lowest BCUT2D eigenvalue weighted by Gasteiger charge is -2.11. The molecule has 1 heterocycles. The molecule has 0 aromatic carbocycles. The molecule has 4 nitrogen and oxygen atoms in total. The summed E-state index contributed by atoms with van der Waals surface area (Å²) in [5.41, 5.74) is 0.959. The van der Waals surface area contributed by atoms with E-state index in [9.17, 15) is 0 Å². The SMILES string of the molecule is CCCCc1nc(Cl)c(CNC(C)COC)[nH]1. The van der Waals surface area contributed by atoms with E-state index in [1.165, 1.54) is 0 Å². The van der Waals surface area contributed by atoms with Gasteiger partial charge in [-0.15, -0.1) is 0 Å². The van der Waals surface area contributed by atoms with Gasteiger partial charge in [0, 0.05) is 26.1 Å². The number of aromatic amines is 1. The standard InChI is InChI=1S/C12H22ClN3O/c1-4-5-6-11-15-10(12(13)16-11)7-14-9(2)8-17-3/h9,14H,4-8H2,1-3H3,(H,15,16). The number of ether oxygens (including phenoxy) is 1. The maximum absolute atomic E-state index is 6.07. The second kappa shape index (κ2) is 7.69. The van der Waals surface area contributed by atoms with Crippen molar-refractivity contribution in [2.24, 2.45) is 0 Å². The van der Waals surface area contributed by atoms with Gasteiger partial charge in [-0.05, 0) is 13.3 Å². The zero-order valence-electron chi connectivity index (χ0n) is 10.8. The van der Waals surface area contributed by atoms with Gasteiger partial charge in [-0.1, -0.05) is 24.9 Å². The molecule has 1 unspecified atom stereocenters. The van der Waals surface area contributed by atoms with Crippen LogP contribution in [0.1, 0.15) is 38.2 Å². The molecule has 1 atom stereocenters. The number of nitrogens with one attached hydrogen (secondary N) is 2. The van der Waals surface area contributed by atoms with Crippen molar-refractivity contribution in [2.45, 2.75) is 45.7 Å². The quantitative estimate of drug-likeness (QED) is 0.754. The molecular weight excluding hydrogens is 238 g/mol. The molecule has 0 amide bonds. The first kappa shape index (κ1) is 14.5. The topological polar surface area (TPSA) is 49.9 Å². The van der Waals surface area contributed by atoms with E-state index >= 15 is 0 Å². The lowest BCUT2D eigenvalue weighted by Crippen LogP contribution is -2.29. The summed E-state index contributed by atoms with van der Waals surface area (Å²) in [6.45, 7) is 5.63. The van der Waals surface area contributed by atoms with Gasteiger partial charge in [0.15, 0.2) is 5.15 Å². The number of hydrogen-bond acceptors (Lipinski definition) is 3. The van der Waals surface area contributed by atoms with Crippen LogP contribution in [0.15, 0.2) is 0 Å². The molecule has 0 radical (unpaired) electrons. The highest BCUT2D eigenvalue weighted by atomic mass is 35.5. The minimum absolute atomic E-state index is 0.304. The molecule has 5 heteroatoms. The number of aromatic nitrogens is 2. The van der Waals surface area contributed by atoms with E-state index in [0.717, 1.165) is 30.8 Å². The van der Waals surface area contributed by atoms with Crippen LogP contribution in [0.4, 0.5) is 0 Å². The Hall–Kier alpha value is -0.580. The lowest BCUT2D eigenvalue weighted by molar-refractivity contribution is 0.171. The molecule has 17 heavy (non-hydrogen) atoms. The molecule has 0 aliphatic carbocycles. The predicted octanol–water partition coefficient (Wildman–Crippen LogP) is 2.53. The molecule has 0 fully saturated rings. The second-order valence-corrected chi connectivity index (χ2v) is 4.65. The minimum atomic E-state index is 0.304. The summed E-state index contributed by atoms with van der Waals surface area (Å²) in [7, 11) is 1.70. The highest BCUT2D eigenvalue weighted by molar-refractivity contribution is 6.30. The van der Waals surface area contributed by atoms with Gasteiger partial charge in [-0.25, -0.2) is 4.98 Å². The molecule has 2 N–H and O–H groups in total. The van der Waals surface area contributed by atoms with Crippen molar-refractivity contribution in [3.05, 3.63) is 16.7 Å². The Balaban J connectivity index is 2.44. The first-order valence-electron chi connectivity index (χ1n) is 6.13. The van der Waals surface area contributed by atoms with Crippen molar-refractivity contribution in [2.75, 3.05) is 13.7 Å². The number of hydrogen-bond donors (Lipinski definition) is 2. The number of unbranched alkanes of at least 4 members (excludes halogenated alkanes) is 1. The van der Waals surface area contributed by atoms with E-state index in [1.54, 1.807) is 7.11 Å². The summed E-state index contributed by atoms with van der Waals surface area (Å²) in [6, 6.07) is 0.304. The van der Waals surface area contributed by atoms with Crippen LogP contribution in [0.3, 0.4) is 0 Å². The van der Waals surface area contributed by atoms with Crippen molar-refractivity contribution >= 4 is 11.6 Å². The maximum atomic E-state index is 6.07. The second-order valence-electron chi connectivity index (χ2n) is 4.29. The Morgan fingerprint density at radius 3 is 2.94 bits per heavy atom. The van der Waals surface area contributed by atoms with Gasteiger partial charge in [0.05, 0.1) is 12.3 Å². The molecular formula is C12H22ClN3O. The molecule has 1 rings (SSSR count). The summed E-state index contributed by atoms with van der Waals surface area (Å²) in [6.07, 6.45) is 3.26. The monoisotopic (exact) mass is 259 g/mol. The van der Waals surface area contributed by atoms with Gasteiger partial charge in [-0.3, -0.25) is 0 Å². The van der Waals surface area contributed by atoms with Crippen LogP contribution < -0.4 is 5.32 Å². The van der Waals surface area contributed by atoms with Gasteiger partial charge in [0.2, 0.25) is 0 Å². The van der Waals surface area contributed by atoms with E-state index in [-0.39, 0.29) is 0 Å². The van der Waals surface area contributed by atoms with Crippen LogP contribution in [0.5, 0.6) is 0 Å². The van der Waals surface area contributed by atoms with Crippen LogP contribution in [-0.4, -0.2) is 29.7 Å². The smallest absolute Gasteiger partial charge is 0.151 e. The van der Waals surface area contributed by atoms with Crippen molar-refractivity contribution in [1.29, 1.82) is 0 Å². The van der Waals surface area contributed by atoms with Crippen LogP contribution in [0.25, 0.3) is 0 Å². The van der Waals surface area contributed by atoms with Gasteiger partial charge in [0.1, 0.15) is 5.82 Å². The molecule has 98 valence electrons. The fourth-order valence-electron chi connectivity index (χ4n) is 1.60. The van der Waals surface area contributed by atoms with E-state index in [0.29, 0.717) is 24.3 Å². The summed E-state index contributed by atoms with van der Waals surface area (Å²) >= 11 is 6.07. The third kappa shape index (κ3) is 5.06. The fraction of sp³-hybridized carbons (Fsp3) is 0.750. The van der Waals surface area contributed by atoms with Crippen LogP contribution in [0.2, 0.25) is 5.15 Å². The normalized spacial score (nSPS) is 12.9. The summed E-state index contributed by atoms with van der Waals surface area (Å²) in [5, 5.41) is 3.91. The predicted molar refractivity (Wildman–Crippen MR) is 70.4 cm³/mol. The van der Waals surface area contributed by atoms with E-state index < -0.39 is 0 Å². The lowest BCUT2D eigenvalue weighted by atomic mass is 10.2. The van der Waals surface area contributed by atoms with Crippen molar-refractivity contribution in [3.8, 4) is 0 Å². The molecule has 1 aromatic heterocycles. The van der Waals surface area contributed by atoms with E-state index in [2.05, 4.69) is 29.1 Å². The highest BCUT2D eigenvalue weighted by Gasteiger charge is 2.09. The van der Waals surface area contributed by atoms with Crippen molar-refractivity contribution in [3.63, 3.8) is 0 Å². The molecule has 0 bridgehead atoms. The number of methoxy groups -OCH3 is 1. The van der Waals surface area contributed by atoms with Gasteiger partial charge < -0.3 is 15.0 Å². The zero-order chi connectivity index (χ0) is 12.7. The van der Waals surface area contributed by atoms with Gasteiger partial charge >= 0.3 is 0 Å². The third-order valence-corrected chi connectivity index (χ3v) is 2.90. The number of H-pyrrole nitrogens is 1. The minimum Gasteiger partial charge on any atom is -0.383 e. The van der Waals surface area contributed by atoms with Gasteiger partial charge in [0.25, 0.3) is 0 Å². The Morgan fingerprint density at radius 2 is 2.29 bits per heavy atom. The number of nitrogens with zero attached hydrogens (tertiary/aromatic N) is 1. The van der Waals surface area contributed by atoms with Crippen LogP contribution in [-0.2, 0) is 17.7 Å².